The fourth-order valence-corrected chi connectivity index (χ4v) is 4.20. The van der Waals surface area contributed by atoms with E-state index in [1.54, 1.807) is 7.11 Å². The highest BCUT2D eigenvalue weighted by molar-refractivity contribution is 5.86. The molecule has 0 aliphatic carbocycles. The number of aromatic amines is 2. The lowest BCUT2D eigenvalue weighted by Gasteiger charge is -2.33. The van der Waals surface area contributed by atoms with Crippen LogP contribution in [-0.2, 0) is 6.42 Å². The molecular weight excluding hydrogens is 400 g/mol. The number of aryl methyl sites for hydroxylation is 2. The summed E-state index contributed by atoms with van der Waals surface area (Å²) < 4.78 is 5.38. The third-order valence-electron chi connectivity index (χ3n) is 6.00. The number of allylic oxidation sites excluding steroid dienone is 1. The Kier molecular flexibility index (Phi) is 4.90. The van der Waals surface area contributed by atoms with Gasteiger partial charge in [-0.15, -0.1) is 0 Å². The lowest BCUT2D eigenvalue weighted by molar-refractivity contribution is 0.354. The minimum absolute atomic E-state index is 0.641. The molecule has 0 fully saturated rings. The van der Waals surface area contributed by atoms with Gasteiger partial charge < -0.3 is 25.3 Å². The third-order valence-corrected chi connectivity index (χ3v) is 6.00. The van der Waals surface area contributed by atoms with Crippen LogP contribution in [-0.4, -0.2) is 29.1 Å². The molecule has 6 N–H and O–H groups in total. The lowest BCUT2D eigenvalue weighted by Crippen LogP contribution is -2.54. The van der Waals surface area contributed by atoms with E-state index in [4.69, 9.17) is 10.5 Å². The number of H-pyrrole nitrogens is 2. The summed E-state index contributed by atoms with van der Waals surface area (Å²) in [7, 11) is 1.68. The van der Waals surface area contributed by atoms with Crippen LogP contribution < -0.4 is 21.1 Å². The van der Waals surface area contributed by atoms with Gasteiger partial charge >= 0.3 is 0 Å². The number of nitrogens with one attached hydrogen (secondary N) is 4. The van der Waals surface area contributed by atoms with Crippen LogP contribution in [0.15, 0.2) is 65.0 Å². The van der Waals surface area contributed by atoms with Crippen molar-refractivity contribution in [1.82, 2.24) is 15.3 Å². The zero-order valence-electron chi connectivity index (χ0n) is 18.5. The first kappa shape index (κ1) is 20.2. The summed E-state index contributed by atoms with van der Waals surface area (Å²) in [6.07, 6.45) is 5.29. The lowest BCUT2D eigenvalue weighted by atomic mass is 10.0. The quantitative estimate of drug-likeness (QED) is 0.311. The molecule has 1 aliphatic heterocycles. The second kappa shape index (κ2) is 7.76. The van der Waals surface area contributed by atoms with Gasteiger partial charge in [-0.25, -0.2) is 0 Å². The molecule has 0 spiro atoms. The molecule has 0 bridgehead atoms. The number of anilines is 1. The fraction of sp³-hybridized carbons (Fsp3) is 0.240. The zero-order valence-corrected chi connectivity index (χ0v) is 18.5. The van der Waals surface area contributed by atoms with Crippen LogP contribution in [0, 0.1) is 6.92 Å². The summed E-state index contributed by atoms with van der Waals surface area (Å²) in [6.45, 7) is 4.08. The number of aliphatic imine (C=N–C) groups is 1. The number of nitrogens with zero attached hydrogens (tertiary/aromatic N) is 1. The molecule has 0 saturated carbocycles. The predicted molar refractivity (Wildman–Crippen MR) is 131 cm³/mol. The van der Waals surface area contributed by atoms with Crippen LogP contribution >= 0.6 is 0 Å². The molecule has 1 unspecified atom stereocenters. The van der Waals surface area contributed by atoms with Gasteiger partial charge in [0.1, 0.15) is 11.6 Å². The second-order valence-corrected chi connectivity index (χ2v) is 8.47. The van der Waals surface area contributed by atoms with Crippen LogP contribution in [0.4, 0.5) is 5.69 Å². The molecular formula is C25H28N6O. The molecule has 0 amide bonds. The molecule has 4 aromatic rings. The first-order valence-electron chi connectivity index (χ1n) is 10.8. The topological polar surface area (TPSA) is 103 Å². The molecule has 164 valence electrons. The minimum atomic E-state index is -0.890. The van der Waals surface area contributed by atoms with Crippen LogP contribution in [0.5, 0.6) is 5.75 Å². The smallest absolute Gasteiger partial charge is 0.183 e. The molecule has 2 aromatic heterocycles. The number of hydrogen-bond donors (Lipinski definition) is 5. The number of rotatable bonds is 6. The maximum atomic E-state index is 6.65. The van der Waals surface area contributed by atoms with E-state index in [2.05, 4.69) is 62.8 Å². The molecule has 1 aliphatic rings. The maximum Gasteiger partial charge on any atom is 0.183 e. The molecule has 7 nitrogen and oxygen atoms in total. The van der Waals surface area contributed by atoms with Crippen molar-refractivity contribution in [3.05, 3.63) is 71.3 Å². The summed E-state index contributed by atoms with van der Waals surface area (Å²) in [5, 5.41) is 9.22. The van der Waals surface area contributed by atoms with Gasteiger partial charge in [0.05, 0.1) is 7.11 Å². The Morgan fingerprint density at radius 3 is 2.78 bits per heavy atom. The van der Waals surface area contributed by atoms with Gasteiger partial charge in [-0.1, -0.05) is 0 Å². The average Bonchev–Trinajstić information content (AvgIpc) is 3.36. The Balaban J connectivity index is 1.32. The van der Waals surface area contributed by atoms with E-state index < -0.39 is 5.79 Å². The van der Waals surface area contributed by atoms with Gasteiger partial charge in [-0.2, -0.15) is 0 Å². The van der Waals surface area contributed by atoms with E-state index >= 15 is 0 Å². The second-order valence-electron chi connectivity index (χ2n) is 8.47. The van der Waals surface area contributed by atoms with Gasteiger partial charge in [0.25, 0.3) is 0 Å². The van der Waals surface area contributed by atoms with Gasteiger partial charge in [-0.05, 0) is 68.3 Å². The summed E-state index contributed by atoms with van der Waals surface area (Å²) in [4.78, 5) is 11.3. The van der Waals surface area contributed by atoms with Gasteiger partial charge in [0.2, 0.25) is 0 Å². The van der Waals surface area contributed by atoms with Crippen molar-refractivity contribution in [1.29, 1.82) is 0 Å². The summed E-state index contributed by atoms with van der Waals surface area (Å²) in [6, 6.07) is 14.5. The first-order chi connectivity index (χ1) is 15.4. The minimum Gasteiger partial charge on any atom is -0.497 e. The number of methoxy groups -OCH3 is 1. The van der Waals surface area contributed by atoms with Crippen molar-refractivity contribution in [3.63, 3.8) is 0 Å². The monoisotopic (exact) mass is 428 g/mol. The van der Waals surface area contributed by atoms with Gasteiger partial charge in [-0.3, -0.25) is 10.7 Å². The van der Waals surface area contributed by atoms with Crippen molar-refractivity contribution < 1.29 is 4.74 Å². The zero-order chi connectivity index (χ0) is 22.3. The van der Waals surface area contributed by atoms with Crippen molar-refractivity contribution >= 4 is 33.7 Å². The van der Waals surface area contributed by atoms with Crippen molar-refractivity contribution in [2.75, 3.05) is 12.4 Å². The van der Waals surface area contributed by atoms with E-state index in [1.165, 1.54) is 10.9 Å². The molecule has 0 saturated heterocycles. The Morgan fingerprint density at radius 1 is 1.09 bits per heavy atom. The number of fused-ring (bicyclic) bond motifs is 2. The number of benzene rings is 2. The molecule has 7 heteroatoms. The van der Waals surface area contributed by atoms with Crippen LogP contribution in [0.2, 0.25) is 0 Å². The van der Waals surface area contributed by atoms with Gasteiger partial charge in [0, 0.05) is 57.6 Å². The summed E-state index contributed by atoms with van der Waals surface area (Å²) in [5.41, 5.74) is 13.2. The van der Waals surface area contributed by atoms with Crippen LogP contribution in [0.1, 0.15) is 24.6 Å². The van der Waals surface area contributed by atoms with E-state index in [-0.39, 0.29) is 0 Å². The van der Waals surface area contributed by atoms with Crippen LogP contribution in [0.25, 0.3) is 21.8 Å². The molecule has 3 heterocycles. The highest BCUT2D eigenvalue weighted by Gasteiger charge is 2.28. The Hall–Kier alpha value is -3.71. The molecule has 5 rings (SSSR count). The van der Waals surface area contributed by atoms with Crippen molar-refractivity contribution in [3.8, 4) is 5.75 Å². The summed E-state index contributed by atoms with van der Waals surface area (Å²) in [5.74, 6) is 0.822. The number of ether oxygens (including phenoxy) is 1. The van der Waals surface area contributed by atoms with Crippen molar-refractivity contribution in [2.24, 2.45) is 10.7 Å². The average molecular weight is 429 g/mol. The predicted octanol–water partition coefficient (Wildman–Crippen LogP) is 4.53. The Labute approximate surface area is 186 Å². The number of aromatic nitrogens is 2. The molecule has 1 atom stereocenters. The molecule has 32 heavy (non-hydrogen) atoms. The number of nitrogens with two attached hydrogens (primary N) is 1. The van der Waals surface area contributed by atoms with E-state index in [0.29, 0.717) is 6.42 Å². The highest BCUT2D eigenvalue weighted by Crippen LogP contribution is 2.27. The van der Waals surface area contributed by atoms with Crippen molar-refractivity contribution in [2.45, 2.75) is 32.5 Å². The maximum absolute atomic E-state index is 6.65. The van der Waals surface area contributed by atoms with E-state index in [0.717, 1.165) is 51.4 Å². The van der Waals surface area contributed by atoms with E-state index in [9.17, 15) is 0 Å². The normalized spacial score (nSPS) is 18.4. The van der Waals surface area contributed by atoms with Gasteiger partial charge in [0.15, 0.2) is 5.79 Å². The third kappa shape index (κ3) is 3.83. The Morgan fingerprint density at radius 2 is 1.94 bits per heavy atom. The molecule has 0 radical (unpaired) electrons. The first-order valence-corrected chi connectivity index (χ1v) is 10.8. The fourth-order valence-electron chi connectivity index (χ4n) is 4.20. The van der Waals surface area contributed by atoms with Crippen LogP contribution in [0.3, 0.4) is 0 Å². The highest BCUT2D eigenvalue weighted by atomic mass is 16.5. The Bertz CT molecular complexity index is 1360. The standard InChI is InChI=1S/C25H28N6O/c1-15-13-28-25(26,9-8-17-14-27-23-7-5-20(32-3)12-21(17)23)31-24(15)30-19-4-6-22-18(11-19)10-16(2)29-22/h4-7,10-14,27,29-31H,8-9,26H2,1-3H3. The SMILES string of the molecule is COc1ccc2[nH]cc(CCC3(N)N=CC(C)=C(Nc4ccc5[nH]c(C)cc5c4)N3)c2c1. The molecule has 2 aromatic carbocycles. The number of hydrogen-bond acceptors (Lipinski definition) is 5. The van der Waals surface area contributed by atoms with E-state index in [1.807, 2.05) is 31.5 Å². The largest absolute Gasteiger partial charge is 0.497 e. The summed E-state index contributed by atoms with van der Waals surface area (Å²) >= 11 is 0.